The Balaban J connectivity index is 1.49. The van der Waals surface area contributed by atoms with E-state index in [1.54, 1.807) is 24.5 Å². The van der Waals surface area contributed by atoms with Crippen LogP contribution in [0, 0.1) is 0 Å². The Morgan fingerprint density at radius 3 is 2.63 bits per heavy atom. The topological polar surface area (TPSA) is 101 Å². The van der Waals surface area contributed by atoms with Crippen molar-refractivity contribution in [3.8, 4) is 0 Å². The number of rotatable bonds is 6. The van der Waals surface area contributed by atoms with Gasteiger partial charge in [-0.3, -0.25) is 14.6 Å². The summed E-state index contributed by atoms with van der Waals surface area (Å²) in [5.41, 5.74) is 1.68. The molecule has 2 aliphatic heterocycles. The number of aromatic nitrogens is 3. The van der Waals surface area contributed by atoms with Crippen LogP contribution in [0.25, 0.3) is 0 Å². The van der Waals surface area contributed by atoms with Crippen LogP contribution in [-0.2, 0) is 11.2 Å². The number of carbonyl (C=O) groups is 2. The molecular weight excluding hydrogens is 384 g/mol. The number of carbonyl (C=O) groups excluding carboxylic acids is 2. The zero-order chi connectivity index (χ0) is 20.8. The Bertz CT molecular complexity index is 880. The smallest absolute Gasteiger partial charge is 0.257 e. The molecule has 4 rings (SSSR count). The van der Waals surface area contributed by atoms with Gasteiger partial charge in [-0.1, -0.05) is 0 Å². The van der Waals surface area contributed by atoms with Gasteiger partial charge in [0.25, 0.3) is 11.8 Å². The van der Waals surface area contributed by atoms with Crippen molar-refractivity contribution in [2.75, 3.05) is 50.8 Å². The van der Waals surface area contributed by atoms with E-state index < -0.39 is 0 Å². The average molecular weight is 410 g/mol. The molecule has 2 aliphatic rings. The number of nitrogens with zero attached hydrogens (tertiary/aromatic N) is 5. The number of amides is 2. The molecule has 0 radical (unpaired) electrons. The van der Waals surface area contributed by atoms with Crippen molar-refractivity contribution in [1.82, 2.24) is 25.2 Å². The molecule has 158 valence electrons. The van der Waals surface area contributed by atoms with Crippen LogP contribution in [0.15, 0.2) is 30.7 Å². The molecule has 0 saturated carbocycles. The molecule has 0 aliphatic carbocycles. The molecule has 2 aromatic rings. The number of pyridine rings is 1. The van der Waals surface area contributed by atoms with Crippen LogP contribution < -0.4 is 10.2 Å². The van der Waals surface area contributed by atoms with Crippen molar-refractivity contribution in [3.05, 3.63) is 47.5 Å². The number of hydrogen-bond acceptors (Lipinski definition) is 7. The lowest BCUT2D eigenvalue weighted by atomic mass is 10.1. The van der Waals surface area contributed by atoms with Crippen molar-refractivity contribution in [3.63, 3.8) is 0 Å². The molecule has 4 heterocycles. The first-order valence-corrected chi connectivity index (χ1v) is 10.4. The zero-order valence-electron chi connectivity index (χ0n) is 16.9. The third-order valence-electron chi connectivity index (χ3n) is 5.34. The van der Waals surface area contributed by atoms with Gasteiger partial charge in [0.15, 0.2) is 0 Å². The van der Waals surface area contributed by atoms with E-state index >= 15 is 0 Å². The Morgan fingerprint density at radius 2 is 1.90 bits per heavy atom. The summed E-state index contributed by atoms with van der Waals surface area (Å²) in [4.78, 5) is 42.3. The molecule has 0 spiro atoms. The van der Waals surface area contributed by atoms with Gasteiger partial charge in [0.05, 0.1) is 30.0 Å². The molecule has 2 amide bonds. The lowest BCUT2D eigenvalue weighted by Gasteiger charge is -2.27. The van der Waals surface area contributed by atoms with Gasteiger partial charge in [-0.25, -0.2) is 9.97 Å². The molecule has 9 heteroatoms. The molecule has 30 heavy (non-hydrogen) atoms. The fraction of sp³-hybridized carbons (Fsp3) is 0.476. The molecule has 1 N–H and O–H groups in total. The minimum absolute atomic E-state index is 0.0328. The van der Waals surface area contributed by atoms with Gasteiger partial charge in [-0.05, 0) is 25.0 Å². The molecular formula is C21H26N6O3. The van der Waals surface area contributed by atoms with Crippen LogP contribution in [0.3, 0.4) is 0 Å². The van der Waals surface area contributed by atoms with Crippen molar-refractivity contribution in [2.45, 2.75) is 19.3 Å². The summed E-state index contributed by atoms with van der Waals surface area (Å²) in [5, 5.41) is 2.88. The van der Waals surface area contributed by atoms with E-state index in [0.717, 1.165) is 39.0 Å². The zero-order valence-corrected chi connectivity index (χ0v) is 16.9. The van der Waals surface area contributed by atoms with Gasteiger partial charge in [-0.2, -0.15) is 0 Å². The second-order valence-electron chi connectivity index (χ2n) is 7.38. The third kappa shape index (κ3) is 4.73. The molecule has 2 aromatic heterocycles. The van der Waals surface area contributed by atoms with Crippen molar-refractivity contribution in [1.29, 1.82) is 0 Å². The maximum Gasteiger partial charge on any atom is 0.257 e. The highest BCUT2D eigenvalue weighted by atomic mass is 16.5. The molecule has 9 nitrogen and oxygen atoms in total. The molecule has 2 saturated heterocycles. The van der Waals surface area contributed by atoms with Gasteiger partial charge < -0.3 is 19.9 Å². The summed E-state index contributed by atoms with van der Waals surface area (Å²) in [6.45, 7) is 4.60. The van der Waals surface area contributed by atoms with Gasteiger partial charge in [0, 0.05) is 57.7 Å². The minimum Gasteiger partial charge on any atom is -0.378 e. The largest absolute Gasteiger partial charge is 0.378 e. The number of ether oxygens (including phenoxy) is 1. The van der Waals surface area contributed by atoms with Crippen LogP contribution in [-0.4, -0.2) is 77.6 Å². The maximum atomic E-state index is 13.0. The molecule has 0 bridgehead atoms. The fourth-order valence-corrected chi connectivity index (χ4v) is 3.68. The van der Waals surface area contributed by atoms with Gasteiger partial charge >= 0.3 is 0 Å². The summed E-state index contributed by atoms with van der Waals surface area (Å²) in [5.74, 6) is 0.373. The average Bonchev–Trinajstić information content (AvgIpc) is 3.35. The number of nitrogens with one attached hydrogen (secondary N) is 1. The number of morpholine rings is 1. The highest BCUT2D eigenvalue weighted by Gasteiger charge is 2.24. The summed E-state index contributed by atoms with van der Waals surface area (Å²) >= 11 is 0. The summed E-state index contributed by atoms with van der Waals surface area (Å²) in [6, 6.07) is 3.44. The van der Waals surface area contributed by atoms with E-state index in [2.05, 4.69) is 20.2 Å². The molecule has 0 unspecified atom stereocenters. The predicted octanol–water partition coefficient (Wildman–Crippen LogP) is 0.917. The van der Waals surface area contributed by atoms with E-state index in [4.69, 9.17) is 9.72 Å². The molecule has 2 fully saturated rings. The second-order valence-corrected chi connectivity index (χ2v) is 7.38. The number of likely N-dealkylation sites (tertiary alicyclic amines) is 1. The van der Waals surface area contributed by atoms with E-state index in [0.29, 0.717) is 48.9 Å². The lowest BCUT2D eigenvalue weighted by molar-refractivity contribution is 0.0790. The van der Waals surface area contributed by atoms with Crippen LogP contribution in [0.4, 0.5) is 5.95 Å². The Hall–Kier alpha value is -3.07. The molecule has 0 aromatic carbocycles. The normalized spacial score (nSPS) is 16.5. The van der Waals surface area contributed by atoms with E-state index in [9.17, 15) is 9.59 Å². The monoisotopic (exact) mass is 410 g/mol. The van der Waals surface area contributed by atoms with Gasteiger partial charge in [-0.15, -0.1) is 0 Å². The van der Waals surface area contributed by atoms with Crippen LogP contribution >= 0.6 is 0 Å². The maximum absolute atomic E-state index is 13.0. The first-order chi connectivity index (χ1) is 14.7. The predicted molar refractivity (Wildman–Crippen MR) is 110 cm³/mol. The van der Waals surface area contributed by atoms with Crippen molar-refractivity contribution < 1.29 is 14.3 Å². The number of hydrogen-bond donors (Lipinski definition) is 1. The Morgan fingerprint density at radius 1 is 1.10 bits per heavy atom. The minimum atomic E-state index is -0.196. The van der Waals surface area contributed by atoms with E-state index in [1.807, 2.05) is 4.90 Å². The van der Waals surface area contributed by atoms with Crippen LogP contribution in [0.2, 0.25) is 0 Å². The van der Waals surface area contributed by atoms with Gasteiger partial charge in [0.2, 0.25) is 5.95 Å². The van der Waals surface area contributed by atoms with Crippen molar-refractivity contribution >= 4 is 17.8 Å². The highest BCUT2D eigenvalue weighted by molar-refractivity contribution is 5.95. The van der Waals surface area contributed by atoms with Crippen molar-refractivity contribution in [2.24, 2.45) is 0 Å². The Kier molecular flexibility index (Phi) is 6.48. The van der Waals surface area contributed by atoms with Crippen LogP contribution in [0.1, 0.15) is 39.3 Å². The Labute approximate surface area is 175 Å². The summed E-state index contributed by atoms with van der Waals surface area (Å²) in [7, 11) is 0. The third-order valence-corrected chi connectivity index (χ3v) is 5.34. The molecule has 0 atom stereocenters. The van der Waals surface area contributed by atoms with Crippen LogP contribution in [0.5, 0.6) is 0 Å². The first-order valence-electron chi connectivity index (χ1n) is 10.4. The van der Waals surface area contributed by atoms with E-state index in [1.165, 1.54) is 6.20 Å². The summed E-state index contributed by atoms with van der Waals surface area (Å²) < 4.78 is 5.40. The SMILES string of the molecule is O=C(NCCc1nc(N2CCOCC2)ncc1C(=O)N1CCCC1)c1cccnc1. The second kappa shape index (κ2) is 9.62. The standard InChI is InChI=1S/C21H26N6O3/c28-19(16-4-3-6-22-14-16)23-7-5-18-17(20(29)26-8-1-2-9-26)15-24-21(25-18)27-10-12-30-13-11-27/h3-4,6,14-15H,1-2,5,7-13H2,(H,23,28). The fourth-order valence-electron chi connectivity index (χ4n) is 3.68. The summed E-state index contributed by atoms with van der Waals surface area (Å²) in [6.07, 6.45) is 7.28. The first kappa shape index (κ1) is 20.2. The highest BCUT2D eigenvalue weighted by Crippen LogP contribution is 2.18. The van der Waals surface area contributed by atoms with E-state index in [-0.39, 0.29) is 11.8 Å². The van der Waals surface area contributed by atoms with Gasteiger partial charge in [0.1, 0.15) is 0 Å². The lowest BCUT2D eigenvalue weighted by Crippen LogP contribution is -2.38. The quantitative estimate of drug-likeness (QED) is 0.756. The number of anilines is 1.